The van der Waals surface area contributed by atoms with Crippen LogP contribution in [0.15, 0.2) is 0 Å². The van der Waals surface area contributed by atoms with Crippen LogP contribution in [0.2, 0.25) is 0 Å². The van der Waals surface area contributed by atoms with E-state index in [0.29, 0.717) is 0 Å². The average molecular weight is 255 g/mol. The van der Waals surface area contributed by atoms with Crippen LogP contribution in [0, 0.1) is 0 Å². The number of piperazine rings is 1. The van der Waals surface area contributed by atoms with Gasteiger partial charge in [-0.2, -0.15) is 0 Å². The Labute approximate surface area is 114 Å². The number of piperidine rings is 1. The Bertz CT molecular complexity index is 182. The highest BCUT2D eigenvalue weighted by Crippen LogP contribution is 2.08. The lowest BCUT2D eigenvalue weighted by Gasteiger charge is -2.34. The summed E-state index contributed by atoms with van der Waals surface area (Å²) in [5.74, 6) is 0. The van der Waals surface area contributed by atoms with E-state index in [2.05, 4.69) is 35.6 Å². The summed E-state index contributed by atoms with van der Waals surface area (Å²) in [5, 5.41) is 0. The Balaban J connectivity index is 0.000000492. The van der Waals surface area contributed by atoms with E-state index in [1.54, 1.807) is 0 Å². The third kappa shape index (κ3) is 6.72. The van der Waals surface area contributed by atoms with Crippen molar-refractivity contribution in [1.29, 1.82) is 0 Å². The van der Waals surface area contributed by atoms with Gasteiger partial charge in [0.1, 0.15) is 0 Å². The summed E-state index contributed by atoms with van der Waals surface area (Å²) in [6.45, 7) is 14.5. The van der Waals surface area contributed by atoms with Crippen molar-refractivity contribution in [3.05, 3.63) is 0 Å². The van der Waals surface area contributed by atoms with E-state index < -0.39 is 0 Å². The SMILES string of the molecule is CCC.CN1CCN(CCN2CCCCC2)CC1. The first-order valence-corrected chi connectivity index (χ1v) is 7.89. The third-order valence-corrected chi connectivity index (χ3v) is 3.78. The topological polar surface area (TPSA) is 9.72 Å². The predicted octanol–water partition coefficient (Wildman–Crippen LogP) is 2.14. The van der Waals surface area contributed by atoms with Gasteiger partial charge < -0.3 is 9.80 Å². The molecule has 2 heterocycles. The number of likely N-dealkylation sites (tertiary alicyclic amines) is 1. The summed E-state index contributed by atoms with van der Waals surface area (Å²) in [7, 11) is 2.22. The highest BCUT2D eigenvalue weighted by molar-refractivity contribution is 4.72. The molecule has 0 spiro atoms. The zero-order chi connectivity index (χ0) is 13.2. The summed E-state index contributed by atoms with van der Waals surface area (Å²) in [6.07, 6.45) is 5.54. The normalized spacial score (nSPS) is 23.5. The fraction of sp³-hybridized carbons (Fsp3) is 1.00. The lowest BCUT2D eigenvalue weighted by Crippen LogP contribution is -2.47. The molecule has 108 valence electrons. The minimum Gasteiger partial charge on any atom is -0.304 e. The Morgan fingerprint density at radius 1 is 0.667 bits per heavy atom. The second-order valence-corrected chi connectivity index (χ2v) is 5.75. The lowest BCUT2D eigenvalue weighted by molar-refractivity contribution is 0.128. The van der Waals surface area contributed by atoms with E-state index in [4.69, 9.17) is 0 Å². The van der Waals surface area contributed by atoms with Crippen molar-refractivity contribution < 1.29 is 0 Å². The molecule has 0 aromatic carbocycles. The average Bonchev–Trinajstić information content (AvgIpc) is 2.40. The summed E-state index contributed by atoms with van der Waals surface area (Å²) < 4.78 is 0. The van der Waals surface area contributed by atoms with Crippen molar-refractivity contribution in [1.82, 2.24) is 14.7 Å². The number of hydrogen-bond donors (Lipinski definition) is 0. The maximum absolute atomic E-state index is 2.64. The van der Waals surface area contributed by atoms with Gasteiger partial charge in [0.25, 0.3) is 0 Å². The van der Waals surface area contributed by atoms with Crippen LogP contribution in [-0.2, 0) is 0 Å². The second-order valence-electron chi connectivity index (χ2n) is 5.75. The lowest BCUT2D eigenvalue weighted by atomic mass is 10.1. The molecule has 2 saturated heterocycles. The van der Waals surface area contributed by atoms with Crippen molar-refractivity contribution in [3.8, 4) is 0 Å². The number of likely N-dealkylation sites (N-methyl/N-ethyl adjacent to an activating group) is 1. The molecule has 2 fully saturated rings. The van der Waals surface area contributed by atoms with Crippen LogP contribution in [0.4, 0.5) is 0 Å². The first-order chi connectivity index (χ1) is 8.76. The summed E-state index contributed by atoms with van der Waals surface area (Å²) >= 11 is 0. The van der Waals surface area contributed by atoms with Gasteiger partial charge in [-0.3, -0.25) is 4.90 Å². The van der Waals surface area contributed by atoms with Gasteiger partial charge in [0.15, 0.2) is 0 Å². The molecule has 3 heteroatoms. The van der Waals surface area contributed by atoms with Crippen molar-refractivity contribution >= 4 is 0 Å². The molecular weight excluding hydrogens is 222 g/mol. The molecule has 2 aliphatic rings. The highest BCUT2D eigenvalue weighted by atomic mass is 15.3. The van der Waals surface area contributed by atoms with Crippen molar-refractivity contribution in [2.75, 3.05) is 59.4 Å². The number of nitrogens with zero attached hydrogens (tertiary/aromatic N) is 3. The van der Waals surface area contributed by atoms with E-state index in [1.165, 1.54) is 78.0 Å². The third-order valence-electron chi connectivity index (χ3n) is 3.78. The number of hydrogen-bond acceptors (Lipinski definition) is 3. The summed E-state index contributed by atoms with van der Waals surface area (Å²) in [4.78, 5) is 7.69. The molecule has 2 rings (SSSR count). The van der Waals surface area contributed by atoms with Gasteiger partial charge in [-0.25, -0.2) is 0 Å². The standard InChI is InChI=1S/C12H25N3.C3H8/c1-13-7-9-15(10-8-13)12-11-14-5-3-2-4-6-14;1-3-2/h2-12H2,1H3;3H2,1-2H3. The second kappa shape index (κ2) is 9.76. The molecule has 0 aliphatic carbocycles. The van der Waals surface area contributed by atoms with Gasteiger partial charge in [0.05, 0.1) is 0 Å². The van der Waals surface area contributed by atoms with Crippen LogP contribution in [0.1, 0.15) is 39.5 Å². The molecule has 0 N–H and O–H groups in total. The van der Waals surface area contributed by atoms with Gasteiger partial charge >= 0.3 is 0 Å². The molecule has 0 atom stereocenters. The molecule has 3 nitrogen and oxygen atoms in total. The Morgan fingerprint density at radius 2 is 1.11 bits per heavy atom. The van der Waals surface area contributed by atoms with Gasteiger partial charge in [-0.1, -0.05) is 26.7 Å². The minimum absolute atomic E-state index is 1.25. The zero-order valence-corrected chi connectivity index (χ0v) is 12.8. The Kier molecular flexibility index (Phi) is 8.64. The minimum atomic E-state index is 1.25. The fourth-order valence-electron chi connectivity index (χ4n) is 2.54. The van der Waals surface area contributed by atoms with Crippen molar-refractivity contribution in [2.24, 2.45) is 0 Å². The molecule has 0 aromatic heterocycles. The smallest absolute Gasteiger partial charge is 0.0110 e. The predicted molar refractivity (Wildman–Crippen MR) is 80.2 cm³/mol. The van der Waals surface area contributed by atoms with Crippen LogP contribution >= 0.6 is 0 Å². The van der Waals surface area contributed by atoms with E-state index in [0.717, 1.165) is 0 Å². The first-order valence-electron chi connectivity index (χ1n) is 7.89. The van der Waals surface area contributed by atoms with E-state index >= 15 is 0 Å². The van der Waals surface area contributed by atoms with Crippen LogP contribution in [0.3, 0.4) is 0 Å². The molecule has 0 saturated carbocycles. The van der Waals surface area contributed by atoms with Crippen LogP contribution in [0.25, 0.3) is 0 Å². The van der Waals surface area contributed by atoms with Crippen LogP contribution < -0.4 is 0 Å². The van der Waals surface area contributed by atoms with Crippen LogP contribution in [0.5, 0.6) is 0 Å². The Hall–Kier alpha value is -0.120. The fourth-order valence-corrected chi connectivity index (χ4v) is 2.54. The van der Waals surface area contributed by atoms with Gasteiger partial charge in [0.2, 0.25) is 0 Å². The van der Waals surface area contributed by atoms with Gasteiger partial charge in [-0.05, 0) is 33.0 Å². The van der Waals surface area contributed by atoms with Crippen LogP contribution in [-0.4, -0.2) is 74.1 Å². The van der Waals surface area contributed by atoms with Crippen molar-refractivity contribution in [3.63, 3.8) is 0 Å². The van der Waals surface area contributed by atoms with E-state index in [1.807, 2.05) is 0 Å². The molecule has 0 bridgehead atoms. The number of rotatable bonds is 3. The van der Waals surface area contributed by atoms with Gasteiger partial charge in [0, 0.05) is 39.3 Å². The molecule has 0 unspecified atom stereocenters. The summed E-state index contributed by atoms with van der Waals surface area (Å²) in [6, 6.07) is 0. The maximum Gasteiger partial charge on any atom is 0.0110 e. The molecular formula is C15H33N3. The maximum atomic E-state index is 2.64. The summed E-state index contributed by atoms with van der Waals surface area (Å²) in [5.41, 5.74) is 0. The van der Waals surface area contributed by atoms with Crippen molar-refractivity contribution in [2.45, 2.75) is 39.5 Å². The molecule has 18 heavy (non-hydrogen) atoms. The monoisotopic (exact) mass is 255 g/mol. The first kappa shape index (κ1) is 15.9. The molecule has 0 radical (unpaired) electrons. The Morgan fingerprint density at radius 3 is 1.61 bits per heavy atom. The quantitative estimate of drug-likeness (QED) is 0.765. The van der Waals surface area contributed by atoms with Gasteiger partial charge in [-0.15, -0.1) is 0 Å². The molecule has 0 aromatic rings. The van der Waals surface area contributed by atoms with E-state index in [9.17, 15) is 0 Å². The molecule has 2 aliphatic heterocycles. The van der Waals surface area contributed by atoms with E-state index in [-0.39, 0.29) is 0 Å². The molecule has 0 amide bonds. The highest BCUT2D eigenvalue weighted by Gasteiger charge is 2.15. The largest absolute Gasteiger partial charge is 0.304 e. The zero-order valence-electron chi connectivity index (χ0n) is 12.8.